The smallest absolute Gasteiger partial charge is 0.407 e. The van der Waals surface area contributed by atoms with Gasteiger partial charge < -0.3 is 18.9 Å². The summed E-state index contributed by atoms with van der Waals surface area (Å²) in [5.74, 6) is 0. The second kappa shape index (κ2) is 11.3. The zero-order valence-electron chi connectivity index (χ0n) is 12.7. The Morgan fingerprint density at radius 3 is 2.21 bits per heavy atom. The number of carbonyl (C=O) groups is 1. The second-order valence-electron chi connectivity index (χ2n) is 4.61. The molecular formula is C13H29NO4Si. The van der Waals surface area contributed by atoms with Gasteiger partial charge in [-0.05, 0) is 39.2 Å². The maximum atomic E-state index is 10.8. The Bertz CT molecular complexity index is 235. The molecule has 6 heteroatoms. The van der Waals surface area contributed by atoms with Gasteiger partial charge in [0.05, 0.1) is 0 Å². The minimum absolute atomic E-state index is 0.472. The zero-order chi connectivity index (χ0) is 14.7. The van der Waals surface area contributed by atoms with E-state index >= 15 is 0 Å². The van der Waals surface area contributed by atoms with Crippen LogP contribution in [-0.2, 0) is 8.85 Å². The number of hydrogen-bond acceptors (Lipinski definition) is 3. The molecule has 0 aromatic carbocycles. The molecule has 0 fully saturated rings. The van der Waals surface area contributed by atoms with Crippen LogP contribution in [0, 0.1) is 0 Å². The second-order valence-corrected chi connectivity index (χ2v) is 7.16. The molecule has 1 amide bonds. The van der Waals surface area contributed by atoms with Crippen molar-refractivity contribution in [3.05, 3.63) is 0 Å². The van der Waals surface area contributed by atoms with Gasteiger partial charge in [-0.15, -0.1) is 0 Å². The van der Waals surface area contributed by atoms with E-state index in [1.807, 2.05) is 20.8 Å². The van der Waals surface area contributed by atoms with Gasteiger partial charge in [-0.3, -0.25) is 0 Å². The molecule has 0 rings (SSSR count). The maximum absolute atomic E-state index is 10.8. The van der Waals surface area contributed by atoms with Crippen molar-refractivity contribution in [1.29, 1.82) is 0 Å². The highest BCUT2D eigenvalue weighted by Crippen LogP contribution is 2.19. The van der Waals surface area contributed by atoms with Crippen LogP contribution >= 0.6 is 0 Å². The van der Waals surface area contributed by atoms with E-state index in [4.69, 9.17) is 14.0 Å². The molecule has 0 aliphatic heterocycles. The van der Waals surface area contributed by atoms with Gasteiger partial charge in [-0.25, -0.2) is 4.79 Å². The summed E-state index contributed by atoms with van der Waals surface area (Å²) in [7, 11) is -1.55. The normalized spacial score (nSPS) is 12.7. The minimum atomic E-state index is -1.55. The van der Waals surface area contributed by atoms with Crippen LogP contribution in [-0.4, -0.2) is 51.7 Å². The van der Waals surface area contributed by atoms with E-state index in [9.17, 15) is 4.79 Å². The summed E-state index contributed by atoms with van der Waals surface area (Å²) in [5.41, 5.74) is 0.472. The Morgan fingerprint density at radius 1 is 1.21 bits per heavy atom. The Hall–Kier alpha value is -0.593. The van der Waals surface area contributed by atoms with Crippen molar-refractivity contribution >= 4 is 15.4 Å². The molecule has 0 aromatic rings. The zero-order valence-corrected chi connectivity index (χ0v) is 13.9. The van der Waals surface area contributed by atoms with Crippen LogP contribution in [0.2, 0.25) is 5.54 Å². The molecular weight excluding hydrogens is 262 g/mol. The fourth-order valence-electron chi connectivity index (χ4n) is 2.00. The van der Waals surface area contributed by atoms with Gasteiger partial charge in [0.2, 0.25) is 0 Å². The van der Waals surface area contributed by atoms with Crippen LogP contribution in [0.3, 0.4) is 0 Å². The standard InChI is InChI=1S/C13H29NO4Si/c1-5-14(13(15)16)11-9-8-10-12(4)19(17-6-2)18-7-3/h12,19H,5-11H2,1-4H3,(H,15,16). The number of unbranched alkanes of at least 4 members (excludes halogenated alkanes) is 1. The molecule has 1 atom stereocenters. The molecule has 5 nitrogen and oxygen atoms in total. The van der Waals surface area contributed by atoms with Crippen LogP contribution in [0.4, 0.5) is 4.79 Å². The molecule has 0 bridgehead atoms. The lowest BCUT2D eigenvalue weighted by Gasteiger charge is -2.22. The van der Waals surface area contributed by atoms with E-state index in [1.165, 1.54) is 4.90 Å². The first-order valence-electron chi connectivity index (χ1n) is 7.27. The van der Waals surface area contributed by atoms with Crippen molar-refractivity contribution in [2.45, 2.75) is 52.5 Å². The van der Waals surface area contributed by atoms with Gasteiger partial charge in [0.25, 0.3) is 0 Å². The molecule has 1 N–H and O–H groups in total. The summed E-state index contributed by atoms with van der Waals surface area (Å²) in [6.07, 6.45) is 2.15. The quantitative estimate of drug-likeness (QED) is 0.470. The lowest BCUT2D eigenvalue weighted by atomic mass is 10.2. The number of nitrogens with zero attached hydrogens (tertiary/aromatic N) is 1. The van der Waals surface area contributed by atoms with E-state index in [2.05, 4.69) is 6.92 Å². The van der Waals surface area contributed by atoms with E-state index in [1.54, 1.807) is 0 Å². The summed E-state index contributed by atoms with van der Waals surface area (Å²) in [6.45, 7) is 10.6. The summed E-state index contributed by atoms with van der Waals surface area (Å²) in [6, 6.07) is 0. The minimum Gasteiger partial charge on any atom is -0.465 e. The van der Waals surface area contributed by atoms with Crippen molar-refractivity contribution in [2.24, 2.45) is 0 Å². The third-order valence-electron chi connectivity index (χ3n) is 3.12. The molecule has 0 heterocycles. The van der Waals surface area contributed by atoms with E-state index in [-0.39, 0.29) is 0 Å². The highest BCUT2D eigenvalue weighted by molar-refractivity contribution is 6.46. The predicted octanol–water partition coefficient (Wildman–Crippen LogP) is 2.84. The average molecular weight is 291 g/mol. The van der Waals surface area contributed by atoms with Gasteiger partial charge in [0.1, 0.15) is 0 Å². The highest BCUT2D eigenvalue weighted by Gasteiger charge is 2.21. The summed E-state index contributed by atoms with van der Waals surface area (Å²) in [4.78, 5) is 12.3. The molecule has 0 spiro atoms. The summed E-state index contributed by atoms with van der Waals surface area (Å²) < 4.78 is 11.4. The Labute approximate surface area is 118 Å². The molecule has 0 aromatic heterocycles. The van der Waals surface area contributed by atoms with Crippen LogP contribution in [0.15, 0.2) is 0 Å². The van der Waals surface area contributed by atoms with Gasteiger partial charge >= 0.3 is 15.4 Å². The van der Waals surface area contributed by atoms with Crippen molar-refractivity contribution in [3.63, 3.8) is 0 Å². The fourth-order valence-corrected chi connectivity index (χ4v) is 3.92. The topological polar surface area (TPSA) is 59.0 Å². The largest absolute Gasteiger partial charge is 0.465 e. The Balaban J connectivity index is 3.87. The number of amides is 1. The number of rotatable bonds is 11. The van der Waals surface area contributed by atoms with Crippen LogP contribution in [0.5, 0.6) is 0 Å². The number of carboxylic acid groups (broad SMARTS) is 1. The molecule has 114 valence electrons. The third-order valence-corrected chi connectivity index (χ3v) is 5.70. The molecule has 19 heavy (non-hydrogen) atoms. The molecule has 0 radical (unpaired) electrons. The van der Waals surface area contributed by atoms with Gasteiger partial charge in [0.15, 0.2) is 0 Å². The maximum Gasteiger partial charge on any atom is 0.407 e. The highest BCUT2D eigenvalue weighted by atomic mass is 28.3. The lowest BCUT2D eigenvalue weighted by Crippen LogP contribution is -2.30. The van der Waals surface area contributed by atoms with Gasteiger partial charge in [-0.2, -0.15) is 0 Å². The van der Waals surface area contributed by atoms with Gasteiger partial charge in [0, 0.05) is 26.3 Å². The van der Waals surface area contributed by atoms with E-state index < -0.39 is 15.4 Å². The summed E-state index contributed by atoms with van der Waals surface area (Å²) in [5, 5.41) is 8.90. The molecule has 0 aliphatic rings. The third kappa shape index (κ3) is 8.23. The predicted molar refractivity (Wildman–Crippen MR) is 78.9 cm³/mol. The first kappa shape index (κ1) is 18.4. The molecule has 0 saturated heterocycles. The van der Waals surface area contributed by atoms with E-state index in [0.717, 1.165) is 19.3 Å². The first-order valence-corrected chi connectivity index (χ1v) is 8.88. The van der Waals surface area contributed by atoms with Crippen LogP contribution in [0.25, 0.3) is 0 Å². The van der Waals surface area contributed by atoms with Crippen molar-refractivity contribution in [2.75, 3.05) is 26.3 Å². The van der Waals surface area contributed by atoms with Crippen molar-refractivity contribution in [1.82, 2.24) is 4.90 Å². The van der Waals surface area contributed by atoms with E-state index in [0.29, 0.717) is 31.8 Å². The van der Waals surface area contributed by atoms with Crippen LogP contribution in [0.1, 0.15) is 47.0 Å². The van der Waals surface area contributed by atoms with Crippen molar-refractivity contribution < 1.29 is 18.8 Å². The lowest BCUT2D eigenvalue weighted by molar-refractivity contribution is 0.146. The average Bonchev–Trinajstić information content (AvgIpc) is 2.37. The van der Waals surface area contributed by atoms with Crippen molar-refractivity contribution in [3.8, 4) is 0 Å². The SMILES string of the molecule is CCO[SiH](OCC)C(C)CCCCN(CC)C(=O)O. The monoisotopic (exact) mass is 291 g/mol. The summed E-state index contributed by atoms with van der Waals surface area (Å²) >= 11 is 0. The van der Waals surface area contributed by atoms with Gasteiger partial charge in [-0.1, -0.05) is 13.3 Å². The molecule has 1 unspecified atom stereocenters. The molecule has 0 aliphatic carbocycles. The Morgan fingerprint density at radius 2 is 1.79 bits per heavy atom. The first-order chi connectivity index (χ1) is 9.06. The Kier molecular flexibility index (Phi) is 10.9. The fraction of sp³-hybridized carbons (Fsp3) is 0.923. The van der Waals surface area contributed by atoms with Crippen LogP contribution < -0.4 is 0 Å². The molecule has 0 saturated carbocycles. The number of hydrogen-bond donors (Lipinski definition) is 1.